The highest BCUT2D eigenvalue weighted by atomic mass is 16.6. The Hall–Kier alpha value is -2.28. The maximum atomic E-state index is 12.6. The minimum absolute atomic E-state index is 0.181. The van der Waals surface area contributed by atoms with Gasteiger partial charge in [-0.15, -0.1) is 0 Å². The summed E-state index contributed by atoms with van der Waals surface area (Å²) < 4.78 is 11.3. The van der Waals surface area contributed by atoms with Gasteiger partial charge >= 0.3 is 0 Å². The van der Waals surface area contributed by atoms with E-state index in [1.165, 1.54) is 13.3 Å². The van der Waals surface area contributed by atoms with Gasteiger partial charge < -0.3 is 20.1 Å². The number of fused-ring (bicyclic) bond motifs is 1. The lowest BCUT2D eigenvalue weighted by Gasteiger charge is -2.25. The Morgan fingerprint density at radius 2 is 2.00 bits per heavy atom. The lowest BCUT2D eigenvalue weighted by Crippen LogP contribution is -2.40. The molecule has 0 radical (unpaired) electrons. The van der Waals surface area contributed by atoms with Crippen LogP contribution in [-0.2, 0) is 4.79 Å². The first kappa shape index (κ1) is 17.5. The van der Waals surface area contributed by atoms with Crippen LogP contribution in [0.3, 0.4) is 0 Å². The summed E-state index contributed by atoms with van der Waals surface area (Å²) >= 11 is 0. The molecule has 2 heterocycles. The number of hydrogen-bond donors (Lipinski definition) is 2. The summed E-state index contributed by atoms with van der Waals surface area (Å²) in [5.74, 6) is 0.437. The second-order valence-electron chi connectivity index (χ2n) is 6.33. The topological polar surface area (TPSA) is 79.9 Å². The van der Waals surface area contributed by atoms with Gasteiger partial charge in [-0.3, -0.25) is 14.5 Å². The van der Waals surface area contributed by atoms with Crippen LogP contribution < -0.4 is 20.1 Å². The Morgan fingerprint density at radius 1 is 1.24 bits per heavy atom. The van der Waals surface area contributed by atoms with Gasteiger partial charge in [-0.1, -0.05) is 6.92 Å². The fourth-order valence-corrected chi connectivity index (χ4v) is 3.45. The Bertz CT molecular complexity index is 662. The maximum absolute atomic E-state index is 12.6. The van der Waals surface area contributed by atoms with Gasteiger partial charge in [0.2, 0.25) is 5.91 Å². The first-order valence-electron chi connectivity index (χ1n) is 8.82. The number of benzene rings is 1. The van der Waals surface area contributed by atoms with Gasteiger partial charge in [0.1, 0.15) is 13.2 Å². The Kier molecular flexibility index (Phi) is 5.43. The normalized spacial score (nSPS) is 19.5. The lowest BCUT2D eigenvalue weighted by molar-refractivity contribution is -0.114. The number of rotatable bonds is 5. The Balaban J connectivity index is 1.75. The molecule has 2 aliphatic heterocycles. The molecule has 1 unspecified atom stereocenters. The van der Waals surface area contributed by atoms with E-state index in [4.69, 9.17) is 9.47 Å². The van der Waals surface area contributed by atoms with Crippen molar-refractivity contribution < 1.29 is 19.1 Å². The summed E-state index contributed by atoms with van der Waals surface area (Å²) in [4.78, 5) is 26.4. The monoisotopic (exact) mass is 347 g/mol. The van der Waals surface area contributed by atoms with Crippen LogP contribution in [0.4, 0.5) is 5.69 Å². The molecule has 7 heteroatoms. The lowest BCUT2D eigenvalue weighted by atomic mass is 10.1. The SMILES string of the molecule is CCN1CCCC1CNC(=O)c1ccc(NC(C)=O)c2c1OCCO2. The van der Waals surface area contributed by atoms with E-state index >= 15 is 0 Å². The summed E-state index contributed by atoms with van der Waals surface area (Å²) in [6, 6.07) is 3.73. The molecule has 2 aliphatic rings. The largest absolute Gasteiger partial charge is 0.485 e. The summed E-state index contributed by atoms with van der Waals surface area (Å²) in [6.45, 7) is 7.05. The summed E-state index contributed by atoms with van der Waals surface area (Å²) in [6.07, 6.45) is 2.28. The van der Waals surface area contributed by atoms with Crippen molar-refractivity contribution in [1.29, 1.82) is 0 Å². The number of amides is 2. The smallest absolute Gasteiger partial charge is 0.255 e. The van der Waals surface area contributed by atoms with Crippen LogP contribution in [0, 0.1) is 0 Å². The number of anilines is 1. The van der Waals surface area contributed by atoms with Crippen molar-refractivity contribution in [2.45, 2.75) is 32.7 Å². The molecule has 2 N–H and O–H groups in total. The number of likely N-dealkylation sites (N-methyl/N-ethyl adjacent to an activating group) is 1. The first-order valence-corrected chi connectivity index (χ1v) is 8.82. The minimum atomic E-state index is -0.200. The number of hydrogen-bond acceptors (Lipinski definition) is 5. The van der Waals surface area contributed by atoms with Crippen LogP contribution in [0.5, 0.6) is 11.5 Å². The highest BCUT2D eigenvalue weighted by Crippen LogP contribution is 2.40. The van der Waals surface area contributed by atoms with E-state index in [9.17, 15) is 9.59 Å². The standard InChI is InChI=1S/C18H25N3O4/c1-3-21-8-4-5-13(21)11-19-18(23)14-6-7-15(20-12(2)22)17-16(14)24-9-10-25-17/h6-7,13H,3-5,8-11H2,1-2H3,(H,19,23)(H,20,22). The third-order valence-corrected chi connectivity index (χ3v) is 4.65. The molecule has 1 saturated heterocycles. The number of ether oxygens (including phenoxy) is 2. The van der Waals surface area contributed by atoms with E-state index in [0.29, 0.717) is 48.6 Å². The van der Waals surface area contributed by atoms with E-state index in [1.54, 1.807) is 12.1 Å². The molecule has 3 rings (SSSR count). The number of carbonyl (C=O) groups excluding carboxylic acids is 2. The molecular weight excluding hydrogens is 322 g/mol. The molecule has 25 heavy (non-hydrogen) atoms. The molecule has 0 aliphatic carbocycles. The second-order valence-corrected chi connectivity index (χ2v) is 6.33. The Labute approximate surface area is 147 Å². The van der Waals surface area contributed by atoms with Gasteiger partial charge in [0, 0.05) is 19.5 Å². The van der Waals surface area contributed by atoms with E-state index in [2.05, 4.69) is 22.5 Å². The van der Waals surface area contributed by atoms with Crippen molar-refractivity contribution in [3.63, 3.8) is 0 Å². The van der Waals surface area contributed by atoms with Crippen LogP contribution in [0.25, 0.3) is 0 Å². The molecule has 0 saturated carbocycles. The van der Waals surface area contributed by atoms with Crippen molar-refractivity contribution in [3.8, 4) is 11.5 Å². The minimum Gasteiger partial charge on any atom is -0.485 e. The van der Waals surface area contributed by atoms with E-state index in [0.717, 1.165) is 19.5 Å². The molecule has 0 bridgehead atoms. The second kappa shape index (κ2) is 7.74. The van der Waals surface area contributed by atoms with Gasteiger partial charge in [0.15, 0.2) is 11.5 Å². The molecule has 1 aromatic carbocycles. The average Bonchev–Trinajstić information content (AvgIpc) is 3.07. The molecule has 136 valence electrons. The van der Waals surface area contributed by atoms with Crippen LogP contribution in [-0.4, -0.2) is 55.6 Å². The molecule has 0 aromatic heterocycles. The van der Waals surface area contributed by atoms with Gasteiger partial charge in [-0.25, -0.2) is 0 Å². The molecule has 7 nitrogen and oxygen atoms in total. The van der Waals surface area contributed by atoms with Crippen LogP contribution in [0.15, 0.2) is 12.1 Å². The van der Waals surface area contributed by atoms with Crippen LogP contribution in [0.1, 0.15) is 37.0 Å². The number of carbonyl (C=O) groups is 2. The summed E-state index contributed by atoms with van der Waals surface area (Å²) in [5.41, 5.74) is 0.955. The zero-order valence-electron chi connectivity index (χ0n) is 14.8. The van der Waals surface area contributed by atoms with E-state index < -0.39 is 0 Å². The highest BCUT2D eigenvalue weighted by Gasteiger charge is 2.27. The quantitative estimate of drug-likeness (QED) is 0.846. The first-order chi connectivity index (χ1) is 12.1. The van der Waals surface area contributed by atoms with Gasteiger partial charge in [-0.05, 0) is 38.1 Å². The Morgan fingerprint density at radius 3 is 2.72 bits per heavy atom. The highest BCUT2D eigenvalue weighted by molar-refractivity contribution is 6.00. The van der Waals surface area contributed by atoms with Crippen molar-refractivity contribution in [3.05, 3.63) is 17.7 Å². The fraction of sp³-hybridized carbons (Fsp3) is 0.556. The van der Waals surface area contributed by atoms with Crippen molar-refractivity contribution in [1.82, 2.24) is 10.2 Å². The number of nitrogens with zero attached hydrogens (tertiary/aromatic N) is 1. The van der Waals surface area contributed by atoms with Gasteiger partial charge in [0.05, 0.1) is 11.3 Å². The van der Waals surface area contributed by atoms with Crippen molar-refractivity contribution in [2.24, 2.45) is 0 Å². The predicted molar refractivity (Wildman–Crippen MR) is 94.3 cm³/mol. The zero-order chi connectivity index (χ0) is 17.8. The van der Waals surface area contributed by atoms with E-state index in [-0.39, 0.29) is 11.8 Å². The van der Waals surface area contributed by atoms with Crippen LogP contribution >= 0.6 is 0 Å². The molecule has 2 amide bonds. The molecule has 0 spiro atoms. The third kappa shape index (κ3) is 3.87. The van der Waals surface area contributed by atoms with Crippen molar-refractivity contribution in [2.75, 3.05) is 38.2 Å². The number of likely N-dealkylation sites (tertiary alicyclic amines) is 1. The maximum Gasteiger partial charge on any atom is 0.255 e. The third-order valence-electron chi connectivity index (χ3n) is 4.65. The van der Waals surface area contributed by atoms with Crippen LogP contribution in [0.2, 0.25) is 0 Å². The van der Waals surface area contributed by atoms with Gasteiger partial charge in [0.25, 0.3) is 5.91 Å². The van der Waals surface area contributed by atoms with E-state index in [1.807, 2.05) is 0 Å². The molecule has 1 fully saturated rings. The number of nitrogens with one attached hydrogen (secondary N) is 2. The predicted octanol–water partition coefficient (Wildman–Crippen LogP) is 1.63. The average molecular weight is 347 g/mol. The molecule has 1 atom stereocenters. The summed E-state index contributed by atoms with van der Waals surface area (Å²) in [7, 11) is 0. The van der Waals surface area contributed by atoms with Crippen molar-refractivity contribution >= 4 is 17.5 Å². The molecule has 1 aromatic rings. The summed E-state index contributed by atoms with van der Waals surface area (Å²) in [5, 5.41) is 5.72. The molecular formula is C18H25N3O4. The zero-order valence-corrected chi connectivity index (χ0v) is 14.8. The fourth-order valence-electron chi connectivity index (χ4n) is 3.45. The van der Waals surface area contributed by atoms with Gasteiger partial charge in [-0.2, -0.15) is 0 Å².